The predicted octanol–water partition coefficient (Wildman–Crippen LogP) is 2.26. The van der Waals surface area contributed by atoms with Crippen molar-refractivity contribution in [3.63, 3.8) is 0 Å². The first kappa shape index (κ1) is 18.9. The third-order valence-corrected chi connectivity index (χ3v) is 4.70. The van der Waals surface area contributed by atoms with E-state index in [0.29, 0.717) is 18.6 Å². The first-order chi connectivity index (χ1) is 9.74. The van der Waals surface area contributed by atoms with Gasteiger partial charge in [-0.1, -0.05) is 6.92 Å². The van der Waals surface area contributed by atoms with E-state index in [1.807, 2.05) is 0 Å². The van der Waals surface area contributed by atoms with Gasteiger partial charge in [0, 0.05) is 25.1 Å². The summed E-state index contributed by atoms with van der Waals surface area (Å²) in [5.74, 6) is 0.482. The van der Waals surface area contributed by atoms with Crippen LogP contribution in [0.4, 0.5) is 0 Å². The molecule has 1 rings (SSSR count). The molecule has 0 saturated carbocycles. The summed E-state index contributed by atoms with van der Waals surface area (Å²) >= 11 is 0. The Morgan fingerprint density at radius 2 is 1.76 bits per heavy atom. The van der Waals surface area contributed by atoms with Crippen molar-refractivity contribution >= 4 is 0 Å². The van der Waals surface area contributed by atoms with Gasteiger partial charge in [-0.3, -0.25) is 0 Å². The van der Waals surface area contributed by atoms with Crippen molar-refractivity contribution in [2.45, 2.75) is 71.1 Å². The molecule has 1 saturated heterocycles. The molecule has 1 heterocycles. The molecule has 0 amide bonds. The fourth-order valence-corrected chi connectivity index (χ4v) is 3.73. The van der Waals surface area contributed by atoms with Crippen LogP contribution in [0.15, 0.2) is 0 Å². The van der Waals surface area contributed by atoms with Gasteiger partial charge in [0.05, 0.1) is 11.2 Å². The number of nitrogens with zero attached hydrogens (tertiary/aromatic N) is 1. The maximum absolute atomic E-state index is 8.84. The lowest BCUT2D eigenvalue weighted by Gasteiger charge is -2.33. The minimum atomic E-state index is -0.123. The highest BCUT2D eigenvalue weighted by atomic mass is 16.5. The SMILES string of the molecule is CCNC1C(CN(C)CCCCCO)C(C)(C)OC1(C)C. The average Bonchev–Trinajstić information content (AvgIpc) is 2.53. The van der Waals surface area contributed by atoms with Crippen LogP contribution in [0.25, 0.3) is 0 Å². The van der Waals surface area contributed by atoms with Crippen LogP contribution in [-0.2, 0) is 4.74 Å². The maximum Gasteiger partial charge on any atom is 0.0790 e. The molecule has 1 fully saturated rings. The van der Waals surface area contributed by atoms with Crippen LogP contribution in [0.5, 0.6) is 0 Å². The average molecular weight is 300 g/mol. The number of likely N-dealkylation sites (N-methyl/N-ethyl adjacent to an activating group) is 1. The topological polar surface area (TPSA) is 44.7 Å². The molecule has 0 aliphatic carbocycles. The van der Waals surface area contributed by atoms with Crippen LogP contribution >= 0.6 is 0 Å². The zero-order valence-corrected chi connectivity index (χ0v) is 14.9. The summed E-state index contributed by atoms with van der Waals surface area (Å²) in [5, 5.41) is 12.5. The molecule has 0 aromatic heterocycles. The molecule has 2 N–H and O–H groups in total. The first-order valence-electron chi connectivity index (χ1n) is 8.47. The Bertz CT molecular complexity index is 305. The summed E-state index contributed by atoms with van der Waals surface area (Å²) < 4.78 is 6.34. The van der Waals surface area contributed by atoms with Gasteiger partial charge in [0.2, 0.25) is 0 Å². The zero-order valence-electron chi connectivity index (χ0n) is 14.9. The van der Waals surface area contributed by atoms with Gasteiger partial charge in [0.15, 0.2) is 0 Å². The van der Waals surface area contributed by atoms with Crippen LogP contribution in [-0.4, -0.2) is 60.5 Å². The zero-order chi connectivity index (χ0) is 16.1. The second-order valence-electron chi connectivity index (χ2n) is 7.50. The predicted molar refractivity (Wildman–Crippen MR) is 88.6 cm³/mol. The second kappa shape index (κ2) is 7.91. The molecule has 1 aliphatic heterocycles. The molecule has 4 heteroatoms. The van der Waals surface area contributed by atoms with E-state index in [0.717, 1.165) is 38.9 Å². The Kier molecular flexibility index (Phi) is 7.11. The minimum Gasteiger partial charge on any atom is -0.396 e. The van der Waals surface area contributed by atoms with Crippen molar-refractivity contribution < 1.29 is 9.84 Å². The Balaban J connectivity index is 2.60. The van der Waals surface area contributed by atoms with Crippen molar-refractivity contribution in [2.75, 3.05) is 33.3 Å². The summed E-state index contributed by atoms with van der Waals surface area (Å²) in [4.78, 5) is 2.42. The van der Waals surface area contributed by atoms with E-state index in [9.17, 15) is 0 Å². The van der Waals surface area contributed by atoms with E-state index >= 15 is 0 Å². The largest absolute Gasteiger partial charge is 0.396 e. The number of rotatable bonds is 9. The van der Waals surface area contributed by atoms with Crippen LogP contribution in [0, 0.1) is 5.92 Å². The Labute approximate surface area is 131 Å². The van der Waals surface area contributed by atoms with E-state index in [4.69, 9.17) is 9.84 Å². The van der Waals surface area contributed by atoms with E-state index in [1.165, 1.54) is 0 Å². The van der Waals surface area contributed by atoms with Gasteiger partial charge in [-0.05, 0) is 67.1 Å². The smallest absolute Gasteiger partial charge is 0.0790 e. The van der Waals surface area contributed by atoms with E-state index in [2.05, 4.69) is 51.9 Å². The minimum absolute atomic E-state index is 0.101. The van der Waals surface area contributed by atoms with Gasteiger partial charge < -0.3 is 20.1 Å². The molecular formula is C17H36N2O2. The molecule has 4 nitrogen and oxygen atoms in total. The normalized spacial score (nSPS) is 27.4. The van der Waals surface area contributed by atoms with Crippen LogP contribution in [0.2, 0.25) is 0 Å². The van der Waals surface area contributed by atoms with Crippen molar-refractivity contribution in [1.82, 2.24) is 10.2 Å². The monoisotopic (exact) mass is 300 g/mol. The first-order valence-corrected chi connectivity index (χ1v) is 8.47. The molecule has 0 aromatic rings. The quantitative estimate of drug-likeness (QED) is 0.641. The summed E-state index contributed by atoms with van der Waals surface area (Å²) in [6.07, 6.45) is 3.17. The number of aliphatic hydroxyl groups excluding tert-OH is 1. The number of hydrogen-bond acceptors (Lipinski definition) is 4. The van der Waals surface area contributed by atoms with Crippen molar-refractivity contribution in [3.8, 4) is 0 Å². The van der Waals surface area contributed by atoms with Gasteiger partial charge in [-0.25, -0.2) is 0 Å². The standard InChI is InChI=1S/C17H36N2O2/c1-7-18-15-14(16(2,3)21-17(15,4)5)13-19(6)11-9-8-10-12-20/h14-15,18,20H,7-13H2,1-6H3. The Morgan fingerprint density at radius 1 is 1.10 bits per heavy atom. The van der Waals surface area contributed by atoms with Gasteiger partial charge in [-0.15, -0.1) is 0 Å². The van der Waals surface area contributed by atoms with Gasteiger partial charge in [-0.2, -0.15) is 0 Å². The van der Waals surface area contributed by atoms with Crippen molar-refractivity contribution in [1.29, 1.82) is 0 Å². The van der Waals surface area contributed by atoms with Crippen molar-refractivity contribution in [3.05, 3.63) is 0 Å². The molecule has 1 aliphatic rings. The third kappa shape index (κ3) is 5.20. The van der Waals surface area contributed by atoms with Crippen LogP contribution in [0.3, 0.4) is 0 Å². The van der Waals surface area contributed by atoms with E-state index in [-0.39, 0.29) is 11.2 Å². The number of unbranched alkanes of at least 4 members (excludes halogenated alkanes) is 2. The van der Waals surface area contributed by atoms with E-state index in [1.54, 1.807) is 0 Å². The van der Waals surface area contributed by atoms with Gasteiger partial charge >= 0.3 is 0 Å². The highest BCUT2D eigenvalue weighted by Gasteiger charge is 2.53. The molecule has 0 aromatic carbocycles. The Morgan fingerprint density at radius 3 is 2.33 bits per heavy atom. The molecule has 0 radical (unpaired) electrons. The molecule has 21 heavy (non-hydrogen) atoms. The van der Waals surface area contributed by atoms with Gasteiger partial charge in [0.25, 0.3) is 0 Å². The molecule has 0 bridgehead atoms. The fourth-order valence-electron chi connectivity index (χ4n) is 3.73. The maximum atomic E-state index is 8.84. The number of hydrogen-bond donors (Lipinski definition) is 2. The lowest BCUT2D eigenvalue weighted by Crippen LogP contribution is -2.50. The lowest BCUT2D eigenvalue weighted by molar-refractivity contribution is -0.0792. The number of nitrogens with one attached hydrogen (secondary N) is 1. The van der Waals surface area contributed by atoms with Crippen LogP contribution in [0.1, 0.15) is 53.9 Å². The molecule has 2 atom stereocenters. The molecule has 126 valence electrons. The second-order valence-corrected chi connectivity index (χ2v) is 7.50. The van der Waals surface area contributed by atoms with Crippen molar-refractivity contribution in [2.24, 2.45) is 5.92 Å². The highest BCUT2D eigenvalue weighted by Crippen LogP contribution is 2.42. The summed E-state index contributed by atoms with van der Waals surface area (Å²) in [6, 6.07) is 0.386. The lowest BCUT2D eigenvalue weighted by atomic mass is 9.82. The van der Waals surface area contributed by atoms with Crippen LogP contribution < -0.4 is 5.32 Å². The van der Waals surface area contributed by atoms with Gasteiger partial charge in [0.1, 0.15) is 0 Å². The summed E-state index contributed by atoms with van der Waals surface area (Å²) in [5.41, 5.74) is -0.225. The number of ether oxygens (including phenoxy) is 1. The number of aliphatic hydroxyl groups is 1. The summed E-state index contributed by atoms with van der Waals surface area (Å²) in [6.45, 7) is 14.4. The third-order valence-electron chi connectivity index (χ3n) is 4.70. The Hall–Kier alpha value is -0.160. The summed E-state index contributed by atoms with van der Waals surface area (Å²) in [7, 11) is 2.20. The molecular weight excluding hydrogens is 264 g/mol. The highest BCUT2D eigenvalue weighted by molar-refractivity contribution is 5.05. The molecule has 0 spiro atoms. The molecule has 2 unspecified atom stereocenters. The van der Waals surface area contributed by atoms with E-state index < -0.39 is 0 Å². The fraction of sp³-hybridized carbons (Fsp3) is 1.00.